The fourth-order valence-electron chi connectivity index (χ4n) is 4.36. The molecule has 0 bridgehead atoms. The molecule has 31 heavy (non-hydrogen) atoms. The van der Waals surface area contributed by atoms with Crippen LogP contribution in [-0.2, 0) is 10.2 Å². The minimum absolute atomic E-state index is 0.287. The first-order chi connectivity index (χ1) is 15.1. The second-order valence-corrected chi connectivity index (χ2v) is 9.48. The van der Waals surface area contributed by atoms with Gasteiger partial charge in [0, 0.05) is 16.0 Å². The lowest BCUT2D eigenvalue weighted by molar-refractivity contribution is 0.0526. The van der Waals surface area contributed by atoms with E-state index in [0.717, 1.165) is 11.1 Å². The Labute approximate surface area is 192 Å². The third-order valence-corrected chi connectivity index (χ3v) is 7.23. The minimum Gasteiger partial charge on any atom is -0.462 e. The van der Waals surface area contributed by atoms with E-state index < -0.39 is 0 Å². The van der Waals surface area contributed by atoms with Crippen LogP contribution in [0.4, 0.5) is 0 Å². The van der Waals surface area contributed by atoms with E-state index in [2.05, 4.69) is 43.9 Å². The Balaban J connectivity index is 1.86. The van der Waals surface area contributed by atoms with Crippen molar-refractivity contribution >= 4 is 17.7 Å². The number of esters is 1. The van der Waals surface area contributed by atoms with Gasteiger partial charge >= 0.3 is 5.97 Å². The van der Waals surface area contributed by atoms with Crippen LogP contribution in [0.3, 0.4) is 0 Å². The molecule has 3 rings (SSSR count). The molecule has 0 spiro atoms. The number of rotatable bonds is 8. The summed E-state index contributed by atoms with van der Waals surface area (Å²) in [6.07, 6.45) is 8.91. The molecular formula is C28H34O2S. The standard InChI is InChI=1S/C28H34O2S/c1-4-7-17-28(18-8-5-2)19-20-31-26-16-13-23(21-25(26)28)10-9-22-11-14-24(15-12-22)27(29)30-6-3/h11-16,21H,4-8,17-20H2,1-3H3. The molecule has 0 unspecified atom stereocenters. The van der Waals surface area contributed by atoms with Crippen LogP contribution in [0.25, 0.3) is 0 Å². The molecule has 0 aliphatic carbocycles. The lowest BCUT2D eigenvalue weighted by Crippen LogP contribution is -2.30. The van der Waals surface area contributed by atoms with Crippen LogP contribution in [-0.4, -0.2) is 18.3 Å². The van der Waals surface area contributed by atoms with E-state index >= 15 is 0 Å². The molecule has 0 aromatic heterocycles. The lowest BCUT2D eigenvalue weighted by atomic mass is 9.70. The van der Waals surface area contributed by atoms with Crippen molar-refractivity contribution in [2.45, 2.75) is 76.0 Å². The molecule has 0 atom stereocenters. The predicted octanol–water partition coefficient (Wildman–Crippen LogP) is 7.38. The van der Waals surface area contributed by atoms with E-state index in [1.165, 1.54) is 61.2 Å². The van der Waals surface area contributed by atoms with Crippen LogP contribution in [0.1, 0.15) is 92.8 Å². The first-order valence-electron chi connectivity index (χ1n) is 11.7. The van der Waals surface area contributed by atoms with Crippen LogP contribution in [0.15, 0.2) is 47.4 Å². The third kappa shape index (κ3) is 5.95. The Bertz CT molecular complexity index is 926. The van der Waals surface area contributed by atoms with Gasteiger partial charge in [0.15, 0.2) is 0 Å². The number of fused-ring (bicyclic) bond motifs is 1. The number of hydrogen-bond acceptors (Lipinski definition) is 3. The van der Waals surface area contributed by atoms with Crippen molar-refractivity contribution in [2.24, 2.45) is 0 Å². The van der Waals surface area contributed by atoms with Gasteiger partial charge in [0.25, 0.3) is 0 Å². The van der Waals surface area contributed by atoms with Gasteiger partial charge in [-0.05, 0) is 85.4 Å². The molecule has 0 N–H and O–H groups in total. The van der Waals surface area contributed by atoms with E-state index in [1.807, 2.05) is 30.8 Å². The molecule has 1 aliphatic rings. The fraction of sp³-hybridized carbons (Fsp3) is 0.464. The average molecular weight is 435 g/mol. The number of ether oxygens (including phenoxy) is 1. The van der Waals surface area contributed by atoms with Crippen LogP contribution >= 0.6 is 11.8 Å². The predicted molar refractivity (Wildman–Crippen MR) is 131 cm³/mol. The first-order valence-corrected chi connectivity index (χ1v) is 12.7. The second kappa shape index (κ2) is 11.4. The maximum absolute atomic E-state index is 11.8. The largest absolute Gasteiger partial charge is 0.462 e. The maximum atomic E-state index is 11.8. The highest BCUT2D eigenvalue weighted by molar-refractivity contribution is 7.99. The highest BCUT2D eigenvalue weighted by Gasteiger charge is 2.35. The first kappa shape index (κ1) is 23.5. The van der Waals surface area contributed by atoms with E-state index in [0.29, 0.717) is 17.6 Å². The zero-order valence-corrected chi connectivity index (χ0v) is 19.9. The number of thioether (sulfide) groups is 1. The normalized spacial score (nSPS) is 14.3. The number of carbonyl (C=O) groups excluding carboxylic acids is 1. The van der Waals surface area contributed by atoms with Crippen LogP contribution in [0.2, 0.25) is 0 Å². The molecule has 2 nitrogen and oxygen atoms in total. The molecule has 2 aromatic rings. The Morgan fingerprint density at radius 2 is 1.61 bits per heavy atom. The molecule has 0 amide bonds. The molecule has 0 fully saturated rings. The SMILES string of the molecule is CCCCC1(CCCC)CCSc2ccc(C#Cc3ccc(C(=O)OCC)cc3)cc21. The van der Waals surface area contributed by atoms with Gasteiger partial charge in [0.05, 0.1) is 12.2 Å². The van der Waals surface area contributed by atoms with Crippen molar-refractivity contribution < 1.29 is 9.53 Å². The van der Waals surface area contributed by atoms with Crippen molar-refractivity contribution in [3.8, 4) is 11.8 Å². The highest BCUT2D eigenvalue weighted by Crippen LogP contribution is 2.48. The molecule has 2 aromatic carbocycles. The van der Waals surface area contributed by atoms with Crippen molar-refractivity contribution in [1.82, 2.24) is 0 Å². The molecule has 0 saturated heterocycles. The van der Waals surface area contributed by atoms with Gasteiger partial charge in [0.2, 0.25) is 0 Å². The van der Waals surface area contributed by atoms with E-state index in [9.17, 15) is 4.79 Å². The monoisotopic (exact) mass is 434 g/mol. The summed E-state index contributed by atoms with van der Waals surface area (Å²) >= 11 is 2.00. The van der Waals surface area contributed by atoms with Gasteiger partial charge in [-0.3, -0.25) is 0 Å². The van der Waals surface area contributed by atoms with Crippen LogP contribution < -0.4 is 0 Å². The van der Waals surface area contributed by atoms with Crippen LogP contribution in [0, 0.1) is 11.8 Å². The second-order valence-electron chi connectivity index (χ2n) is 8.34. The zero-order chi connectivity index (χ0) is 22.1. The van der Waals surface area contributed by atoms with Crippen molar-refractivity contribution in [2.75, 3.05) is 12.4 Å². The van der Waals surface area contributed by atoms with Crippen molar-refractivity contribution in [3.05, 3.63) is 64.7 Å². The Kier molecular flexibility index (Phi) is 8.67. The molecule has 1 heterocycles. The summed E-state index contributed by atoms with van der Waals surface area (Å²) in [5.74, 6) is 7.56. The highest BCUT2D eigenvalue weighted by atomic mass is 32.2. The molecule has 1 aliphatic heterocycles. The molecule has 0 saturated carbocycles. The molecule has 3 heteroatoms. The Hall–Kier alpha value is -2.18. The number of carbonyl (C=O) groups is 1. The summed E-state index contributed by atoms with van der Waals surface area (Å²) in [6, 6.07) is 14.1. The summed E-state index contributed by atoms with van der Waals surface area (Å²) in [5.41, 5.74) is 4.38. The van der Waals surface area contributed by atoms with E-state index in [-0.39, 0.29) is 5.97 Å². The van der Waals surface area contributed by atoms with E-state index in [1.54, 1.807) is 12.1 Å². The number of hydrogen-bond donors (Lipinski definition) is 0. The lowest BCUT2D eigenvalue weighted by Gasteiger charge is -2.39. The average Bonchev–Trinajstić information content (AvgIpc) is 2.81. The van der Waals surface area contributed by atoms with Gasteiger partial charge in [0.1, 0.15) is 0 Å². The van der Waals surface area contributed by atoms with Gasteiger partial charge in [-0.15, -0.1) is 11.8 Å². The Morgan fingerprint density at radius 3 is 2.26 bits per heavy atom. The maximum Gasteiger partial charge on any atom is 0.338 e. The third-order valence-electron chi connectivity index (χ3n) is 6.15. The number of unbranched alkanes of at least 4 members (excludes halogenated alkanes) is 2. The van der Waals surface area contributed by atoms with Crippen LogP contribution in [0.5, 0.6) is 0 Å². The van der Waals surface area contributed by atoms with Gasteiger partial charge in [-0.2, -0.15) is 0 Å². The minimum atomic E-state index is -0.287. The van der Waals surface area contributed by atoms with Gasteiger partial charge in [-0.25, -0.2) is 4.79 Å². The Morgan fingerprint density at radius 1 is 0.968 bits per heavy atom. The summed E-state index contributed by atoms with van der Waals surface area (Å²) in [6.45, 7) is 6.78. The smallest absolute Gasteiger partial charge is 0.338 e. The fourth-order valence-corrected chi connectivity index (χ4v) is 5.67. The molecular weight excluding hydrogens is 400 g/mol. The summed E-state index contributed by atoms with van der Waals surface area (Å²) in [4.78, 5) is 13.3. The van der Waals surface area contributed by atoms with Gasteiger partial charge < -0.3 is 4.74 Å². The van der Waals surface area contributed by atoms with Crippen molar-refractivity contribution in [1.29, 1.82) is 0 Å². The zero-order valence-electron chi connectivity index (χ0n) is 19.1. The summed E-state index contributed by atoms with van der Waals surface area (Å²) in [5, 5.41) is 0. The summed E-state index contributed by atoms with van der Waals surface area (Å²) < 4.78 is 5.05. The molecule has 0 radical (unpaired) electrons. The van der Waals surface area contributed by atoms with Crippen molar-refractivity contribution in [3.63, 3.8) is 0 Å². The topological polar surface area (TPSA) is 26.3 Å². The number of benzene rings is 2. The quantitative estimate of drug-likeness (QED) is 0.320. The van der Waals surface area contributed by atoms with E-state index in [4.69, 9.17) is 4.74 Å². The molecule has 164 valence electrons. The summed E-state index contributed by atoms with van der Waals surface area (Å²) in [7, 11) is 0. The van der Waals surface area contributed by atoms with Gasteiger partial charge in [-0.1, -0.05) is 51.4 Å².